The maximum Gasteiger partial charge on any atom is 0.250 e. The number of rotatable bonds is 9. The van der Waals surface area contributed by atoms with Crippen LogP contribution in [0.1, 0.15) is 11.1 Å². The van der Waals surface area contributed by atoms with Crippen LogP contribution in [0, 0.1) is 0 Å². The Hall–Kier alpha value is -2.36. The molecule has 0 unspecified atom stereocenters. The Balaban J connectivity index is 1.41. The average Bonchev–Trinajstić information content (AvgIpc) is 3.20. The van der Waals surface area contributed by atoms with E-state index in [9.17, 15) is 4.79 Å². The van der Waals surface area contributed by atoms with Crippen LogP contribution >= 0.6 is 34.9 Å². The van der Waals surface area contributed by atoms with E-state index < -0.39 is 0 Å². The number of hydrogen-bond donors (Lipinski definition) is 1. The maximum absolute atomic E-state index is 11.9. The average molecular weight is 431 g/mol. The molecule has 0 saturated heterocycles. The second kappa shape index (κ2) is 10.8. The molecule has 28 heavy (non-hydrogen) atoms. The number of thioether (sulfide) groups is 2. The van der Waals surface area contributed by atoms with Gasteiger partial charge in [-0.3, -0.25) is 4.79 Å². The minimum Gasteiger partial charge on any atom is -0.497 e. The summed E-state index contributed by atoms with van der Waals surface area (Å²) in [6, 6.07) is 17.6. The lowest BCUT2D eigenvalue weighted by Gasteiger charge is -2.00. The van der Waals surface area contributed by atoms with Gasteiger partial charge in [-0.05, 0) is 23.3 Å². The number of nitrogens with one attached hydrogen (secondary N) is 1. The van der Waals surface area contributed by atoms with Crippen molar-refractivity contribution >= 4 is 47.0 Å². The van der Waals surface area contributed by atoms with Crippen molar-refractivity contribution in [3.05, 3.63) is 65.7 Å². The van der Waals surface area contributed by atoms with Gasteiger partial charge in [-0.15, -0.1) is 10.2 Å². The quantitative estimate of drug-likeness (QED) is 0.313. The second-order valence-corrected chi connectivity index (χ2v) is 8.89. The lowest BCUT2D eigenvalue weighted by atomic mass is 10.2. The highest BCUT2D eigenvalue weighted by atomic mass is 32.2. The number of benzene rings is 2. The van der Waals surface area contributed by atoms with Gasteiger partial charge in [-0.1, -0.05) is 77.3 Å². The predicted octanol–water partition coefficient (Wildman–Crippen LogP) is 4.08. The Morgan fingerprint density at radius 2 is 1.93 bits per heavy atom. The maximum atomic E-state index is 11.9. The van der Waals surface area contributed by atoms with E-state index in [0.29, 0.717) is 0 Å². The van der Waals surface area contributed by atoms with Crippen LogP contribution in [0.2, 0.25) is 0 Å². The number of hydrogen-bond acceptors (Lipinski definition) is 8. The first kappa shape index (κ1) is 20.4. The number of amides is 1. The molecule has 3 aromatic rings. The van der Waals surface area contributed by atoms with E-state index >= 15 is 0 Å². The molecule has 1 N–H and O–H groups in total. The molecule has 2 aromatic carbocycles. The van der Waals surface area contributed by atoms with Crippen LogP contribution in [0.15, 0.2) is 68.4 Å². The summed E-state index contributed by atoms with van der Waals surface area (Å²) in [5, 5.41) is 12.3. The fraction of sp³-hybridized carbons (Fsp3) is 0.158. The van der Waals surface area contributed by atoms with E-state index in [0.717, 1.165) is 25.7 Å². The van der Waals surface area contributed by atoms with Crippen LogP contribution in [0.4, 0.5) is 0 Å². The number of carbonyl (C=O) groups is 1. The minimum atomic E-state index is -0.196. The molecular formula is C19H18N4O2S3. The van der Waals surface area contributed by atoms with Crippen LogP contribution in [-0.4, -0.2) is 35.2 Å². The Morgan fingerprint density at radius 1 is 1.14 bits per heavy atom. The van der Waals surface area contributed by atoms with Crippen molar-refractivity contribution in [3.8, 4) is 5.75 Å². The molecule has 0 atom stereocenters. The summed E-state index contributed by atoms with van der Waals surface area (Å²) in [4.78, 5) is 11.9. The molecule has 144 valence electrons. The van der Waals surface area contributed by atoms with Crippen molar-refractivity contribution < 1.29 is 9.53 Å². The SMILES string of the molecule is COc1cccc(/C=N/NC(=O)CSc2nnc(SCc3ccccc3)s2)c1. The molecule has 0 aliphatic rings. The highest BCUT2D eigenvalue weighted by Gasteiger charge is 2.08. The lowest BCUT2D eigenvalue weighted by Crippen LogP contribution is -2.19. The largest absolute Gasteiger partial charge is 0.497 e. The molecule has 0 bridgehead atoms. The zero-order valence-electron chi connectivity index (χ0n) is 15.1. The summed E-state index contributed by atoms with van der Waals surface area (Å²) in [6.07, 6.45) is 1.58. The third-order valence-electron chi connectivity index (χ3n) is 3.42. The van der Waals surface area contributed by atoms with Gasteiger partial charge in [-0.25, -0.2) is 5.43 Å². The summed E-state index contributed by atoms with van der Waals surface area (Å²) in [5.74, 6) is 1.62. The molecular weight excluding hydrogens is 412 g/mol. The summed E-state index contributed by atoms with van der Waals surface area (Å²) in [5.41, 5.74) is 4.60. The van der Waals surface area contributed by atoms with Crippen molar-refractivity contribution in [1.29, 1.82) is 0 Å². The number of aromatic nitrogens is 2. The van der Waals surface area contributed by atoms with Crippen LogP contribution < -0.4 is 10.2 Å². The van der Waals surface area contributed by atoms with Crippen molar-refractivity contribution in [2.24, 2.45) is 5.10 Å². The van der Waals surface area contributed by atoms with Crippen LogP contribution in [0.5, 0.6) is 5.75 Å². The molecule has 0 aliphatic heterocycles. The molecule has 0 spiro atoms. The Morgan fingerprint density at radius 3 is 2.71 bits per heavy atom. The molecule has 1 amide bonds. The summed E-state index contributed by atoms with van der Waals surface area (Å²) in [6.45, 7) is 0. The van der Waals surface area contributed by atoms with E-state index in [-0.39, 0.29) is 11.7 Å². The molecule has 6 nitrogen and oxygen atoms in total. The highest BCUT2D eigenvalue weighted by Crippen LogP contribution is 2.30. The monoisotopic (exact) mass is 430 g/mol. The van der Waals surface area contributed by atoms with Crippen LogP contribution in [0.3, 0.4) is 0 Å². The first-order chi connectivity index (χ1) is 13.7. The Bertz CT molecular complexity index is 932. The highest BCUT2D eigenvalue weighted by molar-refractivity contribution is 8.03. The van der Waals surface area contributed by atoms with Crippen molar-refractivity contribution in [1.82, 2.24) is 15.6 Å². The summed E-state index contributed by atoms with van der Waals surface area (Å²) in [7, 11) is 1.61. The van der Waals surface area contributed by atoms with Gasteiger partial charge in [0.2, 0.25) is 0 Å². The van der Waals surface area contributed by atoms with E-state index in [1.807, 2.05) is 42.5 Å². The zero-order chi connectivity index (χ0) is 19.6. The van der Waals surface area contributed by atoms with Crippen molar-refractivity contribution in [3.63, 3.8) is 0 Å². The zero-order valence-corrected chi connectivity index (χ0v) is 17.5. The summed E-state index contributed by atoms with van der Waals surface area (Å²) < 4.78 is 6.81. The van der Waals surface area contributed by atoms with Gasteiger partial charge in [-0.2, -0.15) is 5.10 Å². The molecule has 9 heteroatoms. The number of carbonyl (C=O) groups excluding carboxylic acids is 1. The Kier molecular flexibility index (Phi) is 7.89. The molecule has 1 aromatic heterocycles. The van der Waals surface area contributed by atoms with Gasteiger partial charge in [0.25, 0.3) is 5.91 Å². The van der Waals surface area contributed by atoms with Gasteiger partial charge in [0.1, 0.15) is 5.75 Å². The van der Waals surface area contributed by atoms with Gasteiger partial charge in [0.15, 0.2) is 8.68 Å². The standard InChI is InChI=1S/C19H18N4O2S3/c1-25-16-9-5-8-15(10-16)11-20-21-17(24)13-27-19-23-22-18(28-19)26-12-14-6-3-2-4-7-14/h2-11H,12-13H2,1H3,(H,21,24)/b20-11+. The fourth-order valence-corrected chi connectivity index (χ4v) is 4.86. The normalized spacial score (nSPS) is 10.9. The number of methoxy groups -OCH3 is 1. The smallest absolute Gasteiger partial charge is 0.250 e. The molecule has 0 aliphatic carbocycles. The third kappa shape index (κ3) is 6.66. The molecule has 3 rings (SSSR count). The van der Waals surface area contributed by atoms with E-state index in [1.54, 1.807) is 25.1 Å². The molecule has 0 saturated carbocycles. The molecule has 1 heterocycles. The number of nitrogens with zero attached hydrogens (tertiary/aromatic N) is 3. The van der Waals surface area contributed by atoms with E-state index in [1.165, 1.54) is 28.7 Å². The van der Waals surface area contributed by atoms with Gasteiger partial charge in [0, 0.05) is 5.75 Å². The first-order valence-electron chi connectivity index (χ1n) is 8.32. The lowest BCUT2D eigenvalue weighted by molar-refractivity contribution is -0.118. The first-order valence-corrected chi connectivity index (χ1v) is 11.1. The van der Waals surface area contributed by atoms with E-state index in [4.69, 9.17) is 4.74 Å². The van der Waals surface area contributed by atoms with Crippen molar-refractivity contribution in [2.45, 2.75) is 14.4 Å². The molecule has 0 fully saturated rings. The van der Waals surface area contributed by atoms with Crippen LogP contribution in [-0.2, 0) is 10.5 Å². The Labute approximate surface area is 175 Å². The second-order valence-electron chi connectivity index (χ2n) is 5.47. The summed E-state index contributed by atoms with van der Waals surface area (Å²) >= 11 is 4.48. The predicted molar refractivity (Wildman–Crippen MR) is 115 cm³/mol. The van der Waals surface area contributed by atoms with Crippen LogP contribution in [0.25, 0.3) is 0 Å². The molecule has 0 radical (unpaired) electrons. The fourth-order valence-electron chi connectivity index (χ4n) is 2.09. The van der Waals surface area contributed by atoms with Gasteiger partial charge in [0.05, 0.1) is 19.1 Å². The van der Waals surface area contributed by atoms with E-state index in [2.05, 4.69) is 32.9 Å². The topological polar surface area (TPSA) is 76.5 Å². The minimum absolute atomic E-state index is 0.196. The number of hydrazone groups is 1. The number of ether oxygens (including phenoxy) is 1. The van der Waals surface area contributed by atoms with Gasteiger partial charge >= 0.3 is 0 Å². The van der Waals surface area contributed by atoms with Crippen molar-refractivity contribution in [2.75, 3.05) is 12.9 Å². The third-order valence-corrected chi connectivity index (χ3v) is 6.68. The van der Waals surface area contributed by atoms with Gasteiger partial charge < -0.3 is 4.74 Å².